The molecule has 0 saturated carbocycles. The van der Waals surface area contributed by atoms with Gasteiger partial charge < -0.3 is 0 Å². The maximum absolute atomic E-state index is 12.4. The standard InChI is InChI=1S/C16H11ClN2O4S/c17-15-8-7-14(10-16(15)19(20)21)24(22,23)18-13-6-5-11-3-1-2-4-12(11)9-13/h1-10,18H. The number of rotatable bonds is 4. The third-order valence-electron chi connectivity index (χ3n) is 3.43. The lowest BCUT2D eigenvalue weighted by molar-refractivity contribution is -0.384. The maximum Gasteiger partial charge on any atom is 0.289 e. The molecule has 1 N–H and O–H groups in total. The highest BCUT2D eigenvalue weighted by atomic mass is 35.5. The second kappa shape index (κ2) is 6.10. The molecule has 0 unspecified atom stereocenters. The number of nitro groups is 1. The summed E-state index contributed by atoms with van der Waals surface area (Å²) < 4.78 is 27.3. The van der Waals surface area contributed by atoms with E-state index in [9.17, 15) is 18.5 Å². The fourth-order valence-corrected chi connectivity index (χ4v) is 3.52. The molecule has 0 aliphatic rings. The number of fused-ring (bicyclic) bond motifs is 1. The molecule has 0 amide bonds. The van der Waals surface area contributed by atoms with Gasteiger partial charge in [-0.05, 0) is 35.0 Å². The summed E-state index contributed by atoms with van der Waals surface area (Å²) in [6.45, 7) is 0. The quantitative estimate of drug-likeness (QED) is 0.556. The lowest BCUT2D eigenvalue weighted by Gasteiger charge is -2.09. The molecule has 0 fully saturated rings. The summed E-state index contributed by atoms with van der Waals surface area (Å²) >= 11 is 5.71. The molecule has 0 aromatic heterocycles. The second-order valence-electron chi connectivity index (χ2n) is 5.04. The summed E-state index contributed by atoms with van der Waals surface area (Å²) in [6, 6.07) is 16.0. The van der Waals surface area contributed by atoms with Crippen LogP contribution in [0.25, 0.3) is 10.8 Å². The normalized spacial score (nSPS) is 11.4. The van der Waals surface area contributed by atoms with Crippen LogP contribution >= 0.6 is 11.6 Å². The number of hydrogen-bond donors (Lipinski definition) is 1. The molecule has 24 heavy (non-hydrogen) atoms. The second-order valence-corrected chi connectivity index (χ2v) is 7.13. The minimum atomic E-state index is -3.97. The molecule has 3 aromatic rings. The Bertz CT molecular complexity index is 1050. The van der Waals surface area contributed by atoms with Crippen LogP contribution in [0.1, 0.15) is 0 Å². The molecule has 3 rings (SSSR count). The van der Waals surface area contributed by atoms with E-state index in [2.05, 4.69) is 4.72 Å². The summed E-state index contributed by atoms with van der Waals surface area (Å²) in [6.07, 6.45) is 0. The van der Waals surface area contributed by atoms with Crippen LogP contribution in [-0.4, -0.2) is 13.3 Å². The minimum absolute atomic E-state index is 0.121. The molecule has 0 spiro atoms. The Kier molecular flexibility index (Phi) is 4.13. The zero-order valence-electron chi connectivity index (χ0n) is 12.1. The van der Waals surface area contributed by atoms with Gasteiger partial charge in [0.1, 0.15) is 5.02 Å². The van der Waals surface area contributed by atoms with E-state index in [4.69, 9.17) is 11.6 Å². The Morgan fingerprint density at radius 3 is 2.38 bits per heavy atom. The molecule has 6 nitrogen and oxygen atoms in total. The molecule has 0 aliphatic heterocycles. The largest absolute Gasteiger partial charge is 0.289 e. The number of nitrogens with one attached hydrogen (secondary N) is 1. The van der Waals surface area contributed by atoms with E-state index in [1.165, 1.54) is 12.1 Å². The Hall–Kier alpha value is -2.64. The van der Waals surface area contributed by atoms with Gasteiger partial charge in [-0.2, -0.15) is 0 Å². The van der Waals surface area contributed by atoms with E-state index in [0.717, 1.165) is 16.8 Å². The zero-order chi connectivity index (χ0) is 17.3. The lowest BCUT2D eigenvalue weighted by atomic mass is 10.1. The number of halogens is 1. The highest BCUT2D eigenvalue weighted by molar-refractivity contribution is 7.92. The first-order valence-electron chi connectivity index (χ1n) is 6.82. The summed E-state index contributed by atoms with van der Waals surface area (Å²) in [5.41, 5.74) is -0.0932. The SMILES string of the molecule is O=[N+]([O-])c1cc(S(=O)(=O)Nc2ccc3ccccc3c2)ccc1Cl. The average Bonchev–Trinajstić information content (AvgIpc) is 2.54. The number of benzene rings is 3. The van der Waals surface area contributed by atoms with Gasteiger partial charge in [0.05, 0.1) is 9.82 Å². The van der Waals surface area contributed by atoms with E-state index in [-0.39, 0.29) is 9.92 Å². The van der Waals surface area contributed by atoms with Crippen molar-refractivity contribution < 1.29 is 13.3 Å². The Labute approximate surface area is 142 Å². The van der Waals surface area contributed by atoms with Gasteiger partial charge in [0.2, 0.25) is 0 Å². The van der Waals surface area contributed by atoms with Crippen molar-refractivity contribution in [3.63, 3.8) is 0 Å². The van der Waals surface area contributed by atoms with Crippen molar-refractivity contribution in [3.05, 3.63) is 75.8 Å². The highest BCUT2D eigenvalue weighted by Gasteiger charge is 2.20. The van der Waals surface area contributed by atoms with E-state index in [1.807, 2.05) is 24.3 Å². The van der Waals surface area contributed by atoms with Gasteiger partial charge in [-0.25, -0.2) is 8.42 Å². The predicted molar refractivity (Wildman–Crippen MR) is 92.9 cm³/mol. The molecule has 0 heterocycles. The number of hydrogen-bond acceptors (Lipinski definition) is 4. The summed E-state index contributed by atoms with van der Waals surface area (Å²) in [5, 5.41) is 12.6. The van der Waals surface area contributed by atoms with Crippen molar-refractivity contribution in [2.45, 2.75) is 4.90 Å². The van der Waals surface area contributed by atoms with E-state index >= 15 is 0 Å². The Balaban J connectivity index is 1.98. The number of anilines is 1. The molecule has 0 atom stereocenters. The lowest BCUT2D eigenvalue weighted by Crippen LogP contribution is -2.13. The summed E-state index contributed by atoms with van der Waals surface area (Å²) in [5.74, 6) is 0. The smallest absolute Gasteiger partial charge is 0.280 e. The van der Waals surface area contributed by atoms with Crippen LogP contribution in [0.5, 0.6) is 0 Å². The van der Waals surface area contributed by atoms with Crippen LogP contribution < -0.4 is 4.72 Å². The van der Waals surface area contributed by atoms with Gasteiger partial charge in [-0.15, -0.1) is 0 Å². The van der Waals surface area contributed by atoms with Gasteiger partial charge in [-0.1, -0.05) is 41.9 Å². The van der Waals surface area contributed by atoms with Crippen molar-refractivity contribution in [2.24, 2.45) is 0 Å². The van der Waals surface area contributed by atoms with Crippen LogP contribution in [0.2, 0.25) is 5.02 Å². The summed E-state index contributed by atoms with van der Waals surface area (Å²) in [4.78, 5) is 9.96. The Morgan fingerprint density at radius 2 is 1.67 bits per heavy atom. The average molecular weight is 363 g/mol. The first-order chi connectivity index (χ1) is 11.4. The molecule has 0 saturated heterocycles. The first kappa shape index (κ1) is 16.2. The first-order valence-corrected chi connectivity index (χ1v) is 8.68. The topological polar surface area (TPSA) is 89.3 Å². The van der Waals surface area contributed by atoms with Gasteiger partial charge in [0, 0.05) is 11.8 Å². The minimum Gasteiger partial charge on any atom is -0.280 e. The molecule has 0 radical (unpaired) electrons. The van der Waals surface area contributed by atoms with Crippen molar-refractivity contribution >= 4 is 43.8 Å². The summed E-state index contributed by atoms with van der Waals surface area (Å²) in [7, 11) is -3.97. The molecule has 8 heteroatoms. The van der Waals surface area contributed by atoms with Crippen LogP contribution in [-0.2, 0) is 10.0 Å². The van der Waals surface area contributed by atoms with Gasteiger partial charge in [0.15, 0.2) is 0 Å². The van der Waals surface area contributed by atoms with Crippen molar-refractivity contribution in [1.29, 1.82) is 0 Å². The monoisotopic (exact) mass is 362 g/mol. The van der Waals surface area contributed by atoms with E-state index in [0.29, 0.717) is 5.69 Å². The molecule has 0 bridgehead atoms. The third-order valence-corrected chi connectivity index (χ3v) is 5.12. The van der Waals surface area contributed by atoms with E-state index in [1.54, 1.807) is 18.2 Å². The number of nitrogens with zero attached hydrogens (tertiary/aromatic N) is 1. The fraction of sp³-hybridized carbons (Fsp3) is 0. The molecule has 3 aromatic carbocycles. The fourth-order valence-electron chi connectivity index (χ4n) is 2.27. The van der Waals surface area contributed by atoms with Gasteiger partial charge >= 0.3 is 0 Å². The molecule has 0 aliphatic carbocycles. The van der Waals surface area contributed by atoms with Crippen molar-refractivity contribution in [2.75, 3.05) is 4.72 Å². The molecular formula is C16H11ClN2O4S. The van der Waals surface area contributed by atoms with Gasteiger partial charge in [-0.3, -0.25) is 14.8 Å². The zero-order valence-corrected chi connectivity index (χ0v) is 13.7. The highest BCUT2D eigenvalue weighted by Crippen LogP contribution is 2.28. The molecule has 122 valence electrons. The van der Waals surface area contributed by atoms with Crippen molar-refractivity contribution in [3.8, 4) is 0 Å². The predicted octanol–water partition coefficient (Wildman–Crippen LogP) is 4.20. The number of sulfonamides is 1. The number of nitro benzene ring substituents is 1. The van der Waals surface area contributed by atoms with Crippen LogP contribution in [0.4, 0.5) is 11.4 Å². The van der Waals surface area contributed by atoms with Gasteiger partial charge in [0.25, 0.3) is 15.7 Å². The molecular weight excluding hydrogens is 352 g/mol. The van der Waals surface area contributed by atoms with Crippen LogP contribution in [0.3, 0.4) is 0 Å². The third kappa shape index (κ3) is 3.17. The van der Waals surface area contributed by atoms with Crippen LogP contribution in [0.15, 0.2) is 65.6 Å². The maximum atomic E-state index is 12.4. The Morgan fingerprint density at radius 1 is 0.958 bits per heavy atom. The van der Waals surface area contributed by atoms with Crippen LogP contribution in [0, 0.1) is 10.1 Å². The van der Waals surface area contributed by atoms with Crippen molar-refractivity contribution in [1.82, 2.24) is 0 Å². The van der Waals surface area contributed by atoms with E-state index < -0.39 is 20.6 Å².